The molecule has 1 saturated heterocycles. The summed E-state index contributed by atoms with van der Waals surface area (Å²) in [5.74, 6) is 1.37. The molecule has 1 amide bonds. The predicted octanol–water partition coefficient (Wildman–Crippen LogP) is 0.840. The first kappa shape index (κ1) is 10.5. The Balaban J connectivity index is 2.54. The summed E-state index contributed by atoms with van der Waals surface area (Å²) in [6.45, 7) is 6.33. The standard InChI is InChI=1S/C10H20N2O/c1-3-9-4-10(5-11)7-12(6-9)8(2)13/h9-10H,3-7,11H2,1-2H3/t9-,10-/m1/s1. The number of carbonyl (C=O) groups is 1. The van der Waals surface area contributed by atoms with Crippen LogP contribution in [0.2, 0.25) is 0 Å². The predicted molar refractivity (Wildman–Crippen MR) is 53.2 cm³/mol. The van der Waals surface area contributed by atoms with Gasteiger partial charge in [-0.05, 0) is 24.8 Å². The third-order valence-electron chi connectivity index (χ3n) is 2.98. The average molecular weight is 184 g/mol. The molecule has 0 aliphatic carbocycles. The fraction of sp³-hybridized carbons (Fsp3) is 0.900. The fourth-order valence-electron chi connectivity index (χ4n) is 2.04. The van der Waals surface area contributed by atoms with E-state index in [2.05, 4.69) is 6.92 Å². The number of carbonyl (C=O) groups excluding carboxylic acids is 1. The molecule has 76 valence electrons. The van der Waals surface area contributed by atoms with Crippen molar-refractivity contribution in [3.05, 3.63) is 0 Å². The molecule has 0 spiro atoms. The van der Waals surface area contributed by atoms with Crippen molar-refractivity contribution in [3.63, 3.8) is 0 Å². The maximum absolute atomic E-state index is 11.2. The van der Waals surface area contributed by atoms with Gasteiger partial charge in [-0.15, -0.1) is 0 Å². The van der Waals surface area contributed by atoms with E-state index in [1.165, 1.54) is 6.42 Å². The minimum absolute atomic E-state index is 0.191. The number of hydrogen-bond acceptors (Lipinski definition) is 2. The molecule has 1 aliphatic heterocycles. The molecule has 2 atom stereocenters. The molecule has 2 N–H and O–H groups in total. The first-order valence-corrected chi connectivity index (χ1v) is 5.13. The Morgan fingerprint density at radius 2 is 2.08 bits per heavy atom. The van der Waals surface area contributed by atoms with Crippen molar-refractivity contribution in [2.45, 2.75) is 26.7 Å². The topological polar surface area (TPSA) is 46.3 Å². The highest BCUT2D eigenvalue weighted by molar-refractivity contribution is 5.73. The molecule has 1 fully saturated rings. The number of rotatable bonds is 2. The van der Waals surface area contributed by atoms with Crippen LogP contribution in [0.5, 0.6) is 0 Å². The summed E-state index contributed by atoms with van der Waals surface area (Å²) in [4.78, 5) is 13.1. The first-order chi connectivity index (χ1) is 6.17. The van der Waals surface area contributed by atoms with E-state index in [9.17, 15) is 4.79 Å². The zero-order valence-electron chi connectivity index (χ0n) is 8.62. The number of hydrogen-bond donors (Lipinski definition) is 1. The van der Waals surface area contributed by atoms with Gasteiger partial charge in [-0.1, -0.05) is 13.3 Å². The molecule has 0 radical (unpaired) electrons. The molecule has 0 aromatic rings. The van der Waals surface area contributed by atoms with Gasteiger partial charge in [0.25, 0.3) is 0 Å². The Kier molecular flexibility index (Phi) is 3.72. The van der Waals surface area contributed by atoms with E-state index in [1.54, 1.807) is 6.92 Å². The molecule has 13 heavy (non-hydrogen) atoms. The highest BCUT2D eigenvalue weighted by Crippen LogP contribution is 2.23. The van der Waals surface area contributed by atoms with Crippen molar-refractivity contribution in [2.24, 2.45) is 17.6 Å². The van der Waals surface area contributed by atoms with Crippen LogP contribution >= 0.6 is 0 Å². The lowest BCUT2D eigenvalue weighted by Gasteiger charge is -2.36. The molecule has 0 bridgehead atoms. The second-order valence-electron chi connectivity index (χ2n) is 4.04. The third-order valence-corrected chi connectivity index (χ3v) is 2.98. The zero-order valence-corrected chi connectivity index (χ0v) is 8.62. The van der Waals surface area contributed by atoms with Crippen LogP contribution in [0.4, 0.5) is 0 Å². The van der Waals surface area contributed by atoms with Crippen LogP contribution in [-0.4, -0.2) is 30.4 Å². The third kappa shape index (κ3) is 2.69. The van der Waals surface area contributed by atoms with E-state index >= 15 is 0 Å². The van der Waals surface area contributed by atoms with Crippen LogP contribution in [0.3, 0.4) is 0 Å². The Bertz CT molecular complexity index is 170. The van der Waals surface area contributed by atoms with Crippen LogP contribution in [0, 0.1) is 11.8 Å². The molecule has 1 aliphatic rings. The summed E-state index contributed by atoms with van der Waals surface area (Å²) in [5.41, 5.74) is 5.64. The molecule has 0 aromatic carbocycles. The van der Waals surface area contributed by atoms with Gasteiger partial charge in [-0.3, -0.25) is 4.79 Å². The summed E-state index contributed by atoms with van der Waals surface area (Å²) in [7, 11) is 0. The largest absolute Gasteiger partial charge is 0.342 e. The monoisotopic (exact) mass is 184 g/mol. The number of likely N-dealkylation sites (tertiary alicyclic amines) is 1. The molecular weight excluding hydrogens is 164 g/mol. The number of piperidine rings is 1. The van der Waals surface area contributed by atoms with E-state index in [4.69, 9.17) is 5.73 Å². The van der Waals surface area contributed by atoms with Crippen molar-refractivity contribution in [3.8, 4) is 0 Å². The zero-order chi connectivity index (χ0) is 9.84. The lowest BCUT2D eigenvalue weighted by atomic mass is 9.87. The lowest BCUT2D eigenvalue weighted by molar-refractivity contribution is -0.131. The van der Waals surface area contributed by atoms with Gasteiger partial charge in [0.1, 0.15) is 0 Å². The lowest BCUT2D eigenvalue weighted by Crippen LogP contribution is -2.44. The van der Waals surface area contributed by atoms with Gasteiger partial charge in [0, 0.05) is 20.0 Å². The number of nitrogens with zero attached hydrogens (tertiary/aromatic N) is 1. The maximum Gasteiger partial charge on any atom is 0.219 e. The van der Waals surface area contributed by atoms with Gasteiger partial charge in [0.2, 0.25) is 5.91 Å². The molecule has 3 nitrogen and oxygen atoms in total. The molecule has 0 unspecified atom stereocenters. The molecule has 0 saturated carbocycles. The first-order valence-electron chi connectivity index (χ1n) is 5.13. The normalized spacial score (nSPS) is 29.0. The number of nitrogens with two attached hydrogens (primary N) is 1. The smallest absolute Gasteiger partial charge is 0.219 e. The fourth-order valence-corrected chi connectivity index (χ4v) is 2.04. The summed E-state index contributed by atoms with van der Waals surface area (Å²) < 4.78 is 0. The number of amides is 1. The highest BCUT2D eigenvalue weighted by Gasteiger charge is 2.26. The Morgan fingerprint density at radius 3 is 2.54 bits per heavy atom. The summed E-state index contributed by atoms with van der Waals surface area (Å²) >= 11 is 0. The van der Waals surface area contributed by atoms with Crippen molar-refractivity contribution >= 4 is 5.91 Å². The highest BCUT2D eigenvalue weighted by atomic mass is 16.2. The minimum atomic E-state index is 0.191. The van der Waals surface area contributed by atoms with Gasteiger partial charge in [0.05, 0.1) is 0 Å². The molecule has 1 rings (SSSR count). The summed E-state index contributed by atoms with van der Waals surface area (Å²) in [6.07, 6.45) is 2.34. The van der Waals surface area contributed by atoms with Gasteiger partial charge in [-0.25, -0.2) is 0 Å². The van der Waals surface area contributed by atoms with E-state index in [1.807, 2.05) is 4.90 Å². The Hall–Kier alpha value is -0.570. The van der Waals surface area contributed by atoms with E-state index < -0.39 is 0 Å². The SMILES string of the molecule is CC[C@@H]1C[C@H](CN)CN(C(C)=O)C1. The molecule has 3 heteroatoms. The van der Waals surface area contributed by atoms with E-state index in [-0.39, 0.29) is 5.91 Å². The average Bonchev–Trinajstić information content (AvgIpc) is 2.16. The van der Waals surface area contributed by atoms with Crippen molar-refractivity contribution in [1.29, 1.82) is 0 Å². The minimum Gasteiger partial charge on any atom is -0.342 e. The van der Waals surface area contributed by atoms with E-state index in [0.717, 1.165) is 19.5 Å². The van der Waals surface area contributed by atoms with E-state index in [0.29, 0.717) is 18.4 Å². The van der Waals surface area contributed by atoms with Gasteiger partial charge in [0.15, 0.2) is 0 Å². The molecule has 1 heterocycles. The quantitative estimate of drug-likeness (QED) is 0.691. The van der Waals surface area contributed by atoms with Crippen LogP contribution in [0.1, 0.15) is 26.7 Å². The maximum atomic E-state index is 11.2. The van der Waals surface area contributed by atoms with Gasteiger partial charge >= 0.3 is 0 Å². The van der Waals surface area contributed by atoms with Crippen molar-refractivity contribution in [2.75, 3.05) is 19.6 Å². The van der Waals surface area contributed by atoms with Crippen LogP contribution < -0.4 is 5.73 Å². The van der Waals surface area contributed by atoms with Crippen molar-refractivity contribution in [1.82, 2.24) is 4.90 Å². The van der Waals surface area contributed by atoms with Crippen molar-refractivity contribution < 1.29 is 4.79 Å². The summed E-state index contributed by atoms with van der Waals surface area (Å²) in [5, 5.41) is 0. The van der Waals surface area contributed by atoms with Crippen LogP contribution in [-0.2, 0) is 4.79 Å². The second kappa shape index (κ2) is 4.61. The molecule has 0 aromatic heterocycles. The molecular formula is C10H20N2O. The van der Waals surface area contributed by atoms with Crippen LogP contribution in [0.25, 0.3) is 0 Å². The summed E-state index contributed by atoms with van der Waals surface area (Å²) in [6, 6.07) is 0. The van der Waals surface area contributed by atoms with Gasteiger partial charge in [-0.2, -0.15) is 0 Å². The Labute approximate surface area is 80.3 Å². The van der Waals surface area contributed by atoms with Gasteiger partial charge < -0.3 is 10.6 Å². The Morgan fingerprint density at radius 1 is 1.46 bits per heavy atom. The second-order valence-corrected chi connectivity index (χ2v) is 4.04. The van der Waals surface area contributed by atoms with Crippen LogP contribution in [0.15, 0.2) is 0 Å².